The molecule has 2 aromatic carbocycles. The van der Waals surface area contributed by atoms with Gasteiger partial charge >= 0.3 is 10.1 Å². The van der Waals surface area contributed by atoms with Crippen molar-refractivity contribution in [1.29, 1.82) is 0 Å². The second-order valence-corrected chi connectivity index (χ2v) is 6.09. The Labute approximate surface area is 114 Å². The van der Waals surface area contributed by atoms with E-state index in [1.54, 1.807) is 31.2 Å². The van der Waals surface area contributed by atoms with Crippen molar-refractivity contribution in [2.24, 2.45) is 0 Å². The molecule has 0 spiro atoms. The molecule has 0 radical (unpaired) electrons. The summed E-state index contributed by atoms with van der Waals surface area (Å²) in [6.07, 6.45) is 0. The van der Waals surface area contributed by atoms with E-state index in [0.29, 0.717) is 11.3 Å². The lowest BCUT2D eigenvalue weighted by molar-refractivity contribution is 0.483. The van der Waals surface area contributed by atoms with E-state index >= 15 is 0 Å². The Balaban J connectivity index is 2.41. The molecule has 100 valence electrons. The van der Waals surface area contributed by atoms with Gasteiger partial charge in [-0.25, -0.2) is 0 Å². The van der Waals surface area contributed by atoms with Gasteiger partial charge < -0.3 is 4.18 Å². The third kappa shape index (κ3) is 2.96. The highest BCUT2D eigenvalue weighted by Crippen LogP contribution is 2.24. The van der Waals surface area contributed by atoms with Gasteiger partial charge in [0.05, 0.1) is 0 Å². The molecular formula is C15H16O3S. The van der Waals surface area contributed by atoms with Gasteiger partial charge in [-0.1, -0.05) is 35.9 Å². The van der Waals surface area contributed by atoms with E-state index in [-0.39, 0.29) is 4.90 Å². The molecule has 2 aromatic rings. The second kappa shape index (κ2) is 5.05. The molecule has 0 unspecified atom stereocenters. The van der Waals surface area contributed by atoms with Crippen LogP contribution < -0.4 is 4.18 Å². The van der Waals surface area contributed by atoms with Crippen LogP contribution in [0.3, 0.4) is 0 Å². The first-order chi connectivity index (χ1) is 8.90. The summed E-state index contributed by atoms with van der Waals surface area (Å²) in [5.74, 6) is 0.363. The zero-order valence-electron chi connectivity index (χ0n) is 11.2. The average Bonchev–Trinajstić information content (AvgIpc) is 2.31. The van der Waals surface area contributed by atoms with Crippen molar-refractivity contribution in [3.8, 4) is 5.75 Å². The molecule has 0 heterocycles. The number of aryl methyl sites for hydroxylation is 3. The summed E-state index contributed by atoms with van der Waals surface area (Å²) < 4.78 is 29.7. The molecule has 0 amide bonds. The predicted molar refractivity (Wildman–Crippen MR) is 74.9 cm³/mol. The van der Waals surface area contributed by atoms with E-state index < -0.39 is 10.1 Å². The molecule has 0 aromatic heterocycles. The molecule has 0 fully saturated rings. The normalized spacial score (nSPS) is 11.3. The Hall–Kier alpha value is -1.81. The van der Waals surface area contributed by atoms with Crippen LogP contribution in [0.25, 0.3) is 0 Å². The van der Waals surface area contributed by atoms with Crippen LogP contribution in [0.5, 0.6) is 5.75 Å². The smallest absolute Gasteiger partial charge is 0.339 e. The molecule has 0 saturated carbocycles. The predicted octanol–water partition coefficient (Wildman–Crippen LogP) is 3.38. The maximum atomic E-state index is 12.3. The maximum Gasteiger partial charge on any atom is 0.339 e. The zero-order valence-corrected chi connectivity index (χ0v) is 12.0. The quantitative estimate of drug-likeness (QED) is 0.807. The summed E-state index contributed by atoms with van der Waals surface area (Å²) in [6.45, 7) is 5.50. The van der Waals surface area contributed by atoms with Crippen molar-refractivity contribution >= 4 is 10.1 Å². The second-order valence-electron chi connectivity index (χ2n) is 4.57. The number of para-hydroxylation sites is 1. The van der Waals surface area contributed by atoms with Crippen molar-refractivity contribution in [3.05, 3.63) is 59.2 Å². The monoisotopic (exact) mass is 276 g/mol. The third-order valence-electron chi connectivity index (χ3n) is 2.89. The fraction of sp³-hybridized carbons (Fsp3) is 0.200. The Morgan fingerprint density at radius 2 is 1.58 bits per heavy atom. The summed E-state index contributed by atoms with van der Waals surface area (Å²) >= 11 is 0. The van der Waals surface area contributed by atoms with Crippen LogP contribution in [0.15, 0.2) is 47.4 Å². The van der Waals surface area contributed by atoms with Crippen LogP contribution >= 0.6 is 0 Å². The van der Waals surface area contributed by atoms with Gasteiger partial charge in [0.15, 0.2) is 0 Å². The van der Waals surface area contributed by atoms with Gasteiger partial charge in [0.1, 0.15) is 10.6 Å². The van der Waals surface area contributed by atoms with Gasteiger partial charge in [-0.3, -0.25) is 0 Å². The third-order valence-corrected chi connectivity index (χ3v) is 4.29. The van der Waals surface area contributed by atoms with Gasteiger partial charge in [-0.15, -0.1) is 0 Å². The highest BCUT2D eigenvalue weighted by molar-refractivity contribution is 7.87. The van der Waals surface area contributed by atoms with Crippen LogP contribution in [0.4, 0.5) is 0 Å². The van der Waals surface area contributed by atoms with Gasteiger partial charge in [0.2, 0.25) is 0 Å². The number of benzene rings is 2. The minimum atomic E-state index is -3.78. The molecule has 0 aliphatic heterocycles. The highest BCUT2D eigenvalue weighted by atomic mass is 32.2. The van der Waals surface area contributed by atoms with Gasteiger partial charge in [0.25, 0.3) is 0 Å². The lowest BCUT2D eigenvalue weighted by Crippen LogP contribution is -2.12. The van der Waals surface area contributed by atoms with Crippen LogP contribution in [-0.4, -0.2) is 8.42 Å². The summed E-state index contributed by atoms with van der Waals surface area (Å²) in [5.41, 5.74) is 2.50. The average molecular weight is 276 g/mol. The van der Waals surface area contributed by atoms with Crippen LogP contribution in [0.1, 0.15) is 16.7 Å². The first-order valence-electron chi connectivity index (χ1n) is 5.97. The minimum Gasteiger partial charge on any atom is -0.379 e. The summed E-state index contributed by atoms with van der Waals surface area (Å²) in [7, 11) is -3.78. The Bertz CT molecular complexity index is 703. The maximum absolute atomic E-state index is 12.3. The van der Waals surface area contributed by atoms with E-state index in [1.807, 2.05) is 32.0 Å². The van der Waals surface area contributed by atoms with Crippen LogP contribution in [0.2, 0.25) is 0 Å². The molecular weight excluding hydrogens is 260 g/mol. The fourth-order valence-electron chi connectivity index (χ4n) is 1.89. The van der Waals surface area contributed by atoms with Crippen molar-refractivity contribution in [2.75, 3.05) is 0 Å². The Kier molecular flexibility index (Phi) is 3.62. The zero-order chi connectivity index (χ0) is 14.0. The fourth-order valence-corrected chi connectivity index (χ4v) is 3.09. The standard InChI is InChI=1S/C15H16O3S/c1-11-8-9-15(13(3)10-11)19(16,17)18-14-7-5-4-6-12(14)2/h4-10H,1-3H3. The number of hydrogen-bond acceptors (Lipinski definition) is 3. The molecule has 3 nitrogen and oxygen atoms in total. The summed E-state index contributed by atoms with van der Waals surface area (Å²) in [6, 6.07) is 12.2. The largest absolute Gasteiger partial charge is 0.379 e. The van der Waals surface area contributed by atoms with E-state index in [0.717, 1.165) is 11.1 Å². The van der Waals surface area contributed by atoms with E-state index in [1.165, 1.54) is 0 Å². The van der Waals surface area contributed by atoms with Crippen LogP contribution in [0, 0.1) is 20.8 Å². The number of hydrogen-bond donors (Lipinski definition) is 0. The molecule has 4 heteroatoms. The molecule has 19 heavy (non-hydrogen) atoms. The van der Waals surface area contributed by atoms with Crippen molar-refractivity contribution < 1.29 is 12.6 Å². The van der Waals surface area contributed by atoms with Crippen molar-refractivity contribution in [1.82, 2.24) is 0 Å². The highest BCUT2D eigenvalue weighted by Gasteiger charge is 2.19. The van der Waals surface area contributed by atoms with Gasteiger partial charge in [-0.05, 0) is 44.0 Å². The lowest BCUT2D eigenvalue weighted by Gasteiger charge is -2.11. The molecule has 0 aliphatic carbocycles. The molecule has 0 aliphatic rings. The molecule has 0 saturated heterocycles. The molecule has 2 rings (SSSR count). The first kappa shape index (κ1) is 13.6. The Morgan fingerprint density at radius 3 is 2.21 bits per heavy atom. The molecule has 0 atom stereocenters. The Morgan fingerprint density at radius 1 is 0.895 bits per heavy atom. The molecule has 0 bridgehead atoms. The van der Waals surface area contributed by atoms with E-state index in [9.17, 15) is 8.42 Å². The van der Waals surface area contributed by atoms with Gasteiger partial charge in [-0.2, -0.15) is 8.42 Å². The van der Waals surface area contributed by atoms with Crippen LogP contribution in [-0.2, 0) is 10.1 Å². The minimum absolute atomic E-state index is 0.210. The van der Waals surface area contributed by atoms with Crippen molar-refractivity contribution in [3.63, 3.8) is 0 Å². The lowest BCUT2D eigenvalue weighted by atomic mass is 10.2. The van der Waals surface area contributed by atoms with E-state index in [2.05, 4.69) is 0 Å². The topological polar surface area (TPSA) is 43.4 Å². The van der Waals surface area contributed by atoms with E-state index in [4.69, 9.17) is 4.18 Å². The first-order valence-corrected chi connectivity index (χ1v) is 7.38. The van der Waals surface area contributed by atoms with Crippen molar-refractivity contribution in [2.45, 2.75) is 25.7 Å². The summed E-state index contributed by atoms with van der Waals surface area (Å²) in [5, 5.41) is 0. The van der Waals surface area contributed by atoms with Gasteiger partial charge in [0, 0.05) is 0 Å². The SMILES string of the molecule is Cc1ccc(S(=O)(=O)Oc2ccccc2C)c(C)c1. The molecule has 0 N–H and O–H groups in total. The number of rotatable bonds is 3. The summed E-state index contributed by atoms with van der Waals surface area (Å²) in [4.78, 5) is 0.210.